The van der Waals surface area contributed by atoms with E-state index in [0.717, 1.165) is 38.8 Å². The third-order valence-electron chi connectivity index (χ3n) is 8.44. The molecule has 2 fully saturated rings. The van der Waals surface area contributed by atoms with Crippen LogP contribution in [-0.4, -0.2) is 156 Å². The molecule has 2 unspecified atom stereocenters. The monoisotopic (exact) mass is 578 g/mol. The first kappa shape index (κ1) is 35.7. The highest BCUT2D eigenvalue weighted by molar-refractivity contribution is 4.98. The predicted octanol–water partition coefficient (Wildman–Crippen LogP) is -3.26. The van der Waals surface area contributed by atoms with Gasteiger partial charge in [-0.05, 0) is 52.9 Å². The van der Waals surface area contributed by atoms with E-state index in [-0.39, 0.29) is 25.2 Å². The molecule has 2 rings (SSSR count). The molecule has 13 heteroatoms. The molecule has 40 heavy (non-hydrogen) atoms. The van der Waals surface area contributed by atoms with Crippen LogP contribution in [0.3, 0.4) is 0 Å². The van der Waals surface area contributed by atoms with Crippen LogP contribution in [0.4, 0.5) is 0 Å². The number of unbranched alkanes of at least 4 members (excludes halogenated alkanes) is 3. The van der Waals surface area contributed by atoms with Gasteiger partial charge in [0.1, 0.15) is 12.2 Å². The summed E-state index contributed by atoms with van der Waals surface area (Å²) >= 11 is 0. The average Bonchev–Trinajstić information content (AvgIpc) is 2.88. The fourth-order valence-electron chi connectivity index (χ4n) is 5.80. The Morgan fingerprint density at radius 3 is 1.62 bits per heavy atom. The normalized spacial score (nSPS) is 36.8. The van der Waals surface area contributed by atoms with Crippen molar-refractivity contribution in [1.29, 1.82) is 0 Å². The Morgan fingerprint density at radius 2 is 1.10 bits per heavy atom. The molecule has 2 saturated carbocycles. The van der Waals surface area contributed by atoms with E-state index in [4.69, 9.17) is 32.4 Å². The van der Waals surface area contributed by atoms with E-state index in [1.165, 1.54) is 0 Å². The molecule has 0 bridgehead atoms. The van der Waals surface area contributed by atoms with Gasteiger partial charge in [0, 0.05) is 43.2 Å². The minimum absolute atomic E-state index is 0.0201. The maximum atomic E-state index is 10.4. The fraction of sp³-hybridized carbons (Fsp3) is 1.00. The summed E-state index contributed by atoms with van der Waals surface area (Å²) in [6.45, 7) is 4.69. The van der Waals surface area contributed by atoms with E-state index in [2.05, 4.69) is 4.90 Å². The number of nitrogens with zero attached hydrogens (tertiary/aromatic N) is 2. The number of hydrogen-bond acceptors (Lipinski definition) is 13. The lowest BCUT2D eigenvalue weighted by Crippen LogP contribution is -2.62. The zero-order chi connectivity index (χ0) is 30.0. The molecule has 0 aromatic carbocycles. The molecule has 13 N–H and O–H groups in total. The highest BCUT2D eigenvalue weighted by Gasteiger charge is 2.42. The van der Waals surface area contributed by atoms with Crippen molar-refractivity contribution in [2.45, 2.75) is 112 Å². The molecule has 13 nitrogen and oxygen atoms in total. The van der Waals surface area contributed by atoms with Gasteiger partial charge in [0.05, 0.1) is 43.7 Å². The van der Waals surface area contributed by atoms with Gasteiger partial charge in [0.15, 0.2) is 0 Å². The van der Waals surface area contributed by atoms with E-state index in [9.17, 15) is 25.5 Å². The van der Waals surface area contributed by atoms with Gasteiger partial charge in [-0.15, -0.1) is 0 Å². The summed E-state index contributed by atoms with van der Waals surface area (Å²) in [6, 6.07) is -1.61. The molecular formula is C27H58N6O7. The zero-order valence-electron chi connectivity index (χ0n) is 24.7. The smallest absolute Gasteiger partial charge is 0.109 e. The number of aliphatic hydroxyl groups excluding tert-OH is 5. The summed E-state index contributed by atoms with van der Waals surface area (Å²) in [5.41, 5.74) is 23.9. The molecule has 0 amide bonds. The van der Waals surface area contributed by atoms with E-state index >= 15 is 0 Å². The molecule has 12 atom stereocenters. The van der Waals surface area contributed by atoms with Crippen molar-refractivity contribution in [2.24, 2.45) is 28.9 Å². The first-order valence-corrected chi connectivity index (χ1v) is 14.8. The maximum absolute atomic E-state index is 10.4. The summed E-state index contributed by atoms with van der Waals surface area (Å²) in [5.74, 6) is -0.0280. The lowest BCUT2D eigenvalue weighted by molar-refractivity contribution is -0.139. The van der Waals surface area contributed by atoms with Crippen molar-refractivity contribution in [3.63, 3.8) is 0 Å². The van der Waals surface area contributed by atoms with Crippen LogP contribution in [0, 0.1) is 5.92 Å². The van der Waals surface area contributed by atoms with Gasteiger partial charge < -0.3 is 67.7 Å². The molecule has 238 valence electrons. The molecule has 0 aromatic rings. The van der Waals surface area contributed by atoms with Gasteiger partial charge in [-0.3, -0.25) is 0 Å². The topological polar surface area (TPSA) is 230 Å². The van der Waals surface area contributed by atoms with Crippen molar-refractivity contribution >= 4 is 0 Å². The summed E-state index contributed by atoms with van der Waals surface area (Å²) in [7, 11) is 3.91. The van der Waals surface area contributed by atoms with Crippen molar-refractivity contribution in [1.82, 2.24) is 9.80 Å². The van der Waals surface area contributed by atoms with Gasteiger partial charge in [0.25, 0.3) is 0 Å². The molecule has 0 radical (unpaired) electrons. The molecule has 2 aliphatic carbocycles. The van der Waals surface area contributed by atoms with Gasteiger partial charge in [-0.2, -0.15) is 0 Å². The summed E-state index contributed by atoms with van der Waals surface area (Å²) < 4.78 is 11.5. The largest absolute Gasteiger partial charge is 0.389 e. The third kappa shape index (κ3) is 11.3. The van der Waals surface area contributed by atoms with Crippen molar-refractivity contribution < 1.29 is 35.0 Å². The first-order chi connectivity index (χ1) is 18.8. The van der Waals surface area contributed by atoms with Crippen LogP contribution in [0.25, 0.3) is 0 Å². The lowest BCUT2D eigenvalue weighted by atomic mass is 9.79. The van der Waals surface area contributed by atoms with Gasteiger partial charge >= 0.3 is 0 Å². The van der Waals surface area contributed by atoms with E-state index < -0.39 is 60.9 Å². The second-order valence-corrected chi connectivity index (χ2v) is 12.3. The molecule has 0 aliphatic heterocycles. The number of ether oxygens (including phenoxy) is 2. The average molecular weight is 579 g/mol. The highest BCUT2D eigenvalue weighted by atomic mass is 16.5. The van der Waals surface area contributed by atoms with Gasteiger partial charge in [-0.25, -0.2) is 0 Å². The number of rotatable bonds is 17. The Labute approximate surface area is 239 Å². The summed E-state index contributed by atoms with van der Waals surface area (Å²) in [6.07, 6.45) is -0.651. The number of nitrogens with two attached hydrogens (primary N) is 4. The third-order valence-corrected chi connectivity index (χ3v) is 8.44. The first-order valence-electron chi connectivity index (χ1n) is 14.8. The Bertz CT molecular complexity index is 686. The van der Waals surface area contributed by atoms with Crippen LogP contribution in [-0.2, 0) is 9.47 Å². The molecule has 0 heterocycles. The van der Waals surface area contributed by atoms with Crippen LogP contribution < -0.4 is 22.9 Å². The van der Waals surface area contributed by atoms with Crippen LogP contribution in [0.5, 0.6) is 0 Å². The Kier molecular flexibility index (Phi) is 15.7. The lowest BCUT2D eigenvalue weighted by Gasteiger charge is -2.41. The second kappa shape index (κ2) is 17.6. The fourth-order valence-corrected chi connectivity index (χ4v) is 5.80. The van der Waals surface area contributed by atoms with Crippen LogP contribution in [0.2, 0.25) is 0 Å². The van der Waals surface area contributed by atoms with E-state index in [0.29, 0.717) is 25.9 Å². The Balaban J connectivity index is 1.52. The van der Waals surface area contributed by atoms with E-state index in [1.807, 2.05) is 25.9 Å². The summed E-state index contributed by atoms with van der Waals surface area (Å²) in [4.78, 5) is 4.12. The zero-order valence-corrected chi connectivity index (χ0v) is 24.7. The Morgan fingerprint density at radius 1 is 0.650 bits per heavy atom. The second-order valence-electron chi connectivity index (χ2n) is 12.3. The Hall–Kier alpha value is -0.520. The van der Waals surface area contributed by atoms with Gasteiger partial charge in [-0.1, -0.05) is 19.8 Å². The summed E-state index contributed by atoms with van der Waals surface area (Å²) in [5, 5.41) is 51.2. The quantitative estimate of drug-likeness (QED) is 0.0773. The molecule has 0 spiro atoms. The van der Waals surface area contributed by atoms with Crippen molar-refractivity contribution in [3.8, 4) is 0 Å². The SMILES string of the molecule is C[C@@H]1[C@@H](OCC(O)CN(C)CCCCCCN(C)CC(O)CO[C@H]2[C@H](O)[C@@H](O)[C@H](N)C[C@@H]2N)[C@H](O)[C@@H](N)C[C@H]1N. The number of likely N-dealkylation sites (N-methyl/N-ethyl adjacent to an activating group) is 2. The molecule has 0 saturated heterocycles. The minimum Gasteiger partial charge on any atom is -0.389 e. The van der Waals surface area contributed by atoms with Crippen LogP contribution in [0.1, 0.15) is 45.4 Å². The van der Waals surface area contributed by atoms with Crippen LogP contribution >= 0.6 is 0 Å². The molecule has 2 aliphatic rings. The standard InChI is InChI=1S/C27H58N6O7/c1-16-19(28)10-21(30)24(37)26(16)39-14-17(34)12-32(2)8-6-4-5-7-9-33(3)13-18(35)15-40-27-22(31)11-20(29)23(36)25(27)38/h16-27,34-38H,4-15,28-31H2,1-3H3/t16-,17?,18?,19+,20+,21-,22-,23-,24+,25+,26+,27+/m0/s1. The molecular weight excluding hydrogens is 520 g/mol. The highest BCUT2D eigenvalue weighted by Crippen LogP contribution is 2.26. The predicted molar refractivity (Wildman–Crippen MR) is 153 cm³/mol. The van der Waals surface area contributed by atoms with Crippen molar-refractivity contribution in [3.05, 3.63) is 0 Å². The van der Waals surface area contributed by atoms with Gasteiger partial charge in [0.2, 0.25) is 0 Å². The van der Waals surface area contributed by atoms with Crippen molar-refractivity contribution in [2.75, 3.05) is 53.5 Å². The molecule has 0 aromatic heterocycles. The maximum Gasteiger partial charge on any atom is 0.109 e. The van der Waals surface area contributed by atoms with Crippen LogP contribution in [0.15, 0.2) is 0 Å². The minimum atomic E-state index is -1.17. The number of aliphatic hydroxyl groups is 5. The van der Waals surface area contributed by atoms with E-state index in [1.54, 1.807) is 0 Å². The number of hydrogen-bond donors (Lipinski definition) is 9.